The van der Waals surface area contributed by atoms with E-state index >= 15 is 0 Å². The molecule has 0 saturated carbocycles. The molecule has 10 N–H and O–H groups in total. The average Bonchev–Trinajstić information content (AvgIpc) is 2.85. The first-order valence-corrected chi connectivity index (χ1v) is 12.9. The molecule has 0 radical (unpaired) electrons. The van der Waals surface area contributed by atoms with Crippen molar-refractivity contribution in [2.75, 3.05) is 33.7 Å². The Hall–Kier alpha value is -3.77. The van der Waals surface area contributed by atoms with Crippen molar-refractivity contribution in [3.8, 4) is 0 Å². The summed E-state index contributed by atoms with van der Waals surface area (Å²) in [5.74, 6) is 0.366. The van der Waals surface area contributed by atoms with Gasteiger partial charge in [-0.2, -0.15) is 0 Å². The summed E-state index contributed by atoms with van der Waals surface area (Å²) < 4.78 is 0. The first-order chi connectivity index (χ1) is 18.5. The number of guanidine groups is 1. The quantitative estimate of drug-likeness (QED) is 0.0865. The monoisotopic (exact) mass is 547 g/mol. The van der Waals surface area contributed by atoms with E-state index in [4.69, 9.17) is 11.5 Å². The van der Waals surface area contributed by atoms with E-state index in [2.05, 4.69) is 57.7 Å². The molecule has 2 aromatic rings. The number of hydrogen-bond donors (Lipinski definition) is 7. The molecule has 1 unspecified atom stereocenters. The lowest BCUT2D eigenvalue weighted by atomic mass is 10.2. The zero-order chi connectivity index (χ0) is 30.1. The summed E-state index contributed by atoms with van der Waals surface area (Å²) in [6.45, 7) is 9.78. The molecule has 0 spiro atoms. The van der Waals surface area contributed by atoms with Gasteiger partial charge in [-0.05, 0) is 51.9 Å². The van der Waals surface area contributed by atoms with Gasteiger partial charge in [0.2, 0.25) is 18.2 Å². The van der Waals surface area contributed by atoms with Gasteiger partial charge in [-0.15, -0.1) is 0 Å². The first-order valence-electron chi connectivity index (χ1n) is 12.9. The number of carbonyl (C=O) groups is 3. The van der Waals surface area contributed by atoms with E-state index in [1.54, 1.807) is 0 Å². The minimum atomic E-state index is -0.535. The molecule has 12 nitrogen and oxygen atoms in total. The molecule has 39 heavy (non-hydrogen) atoms. The Labute approximate surface area is 233 Å². The predicted octanol–water partition coefficient (Wildman–Crippen LogP) is 0.598. The molecular formula is C27H49N9O3. The first kappa shape index (κ1) is 37.4. The molecule has 220 valence electrons. The van der Waals surface area contributed by atoms with Gasteiger partial charge >= 0.3 is 0 Å². The molecule has 0 aliphatic heterocycles. The van der Waals surface area contributed by atoms with E-state index in [1.807, 2.05) is 57.4 Å². The predicted molar refractivity (Wildman–Crippen MR) is 160 cm³/mol. The SMILES string of the molecule is CC(C)C.CC(CCCN=C(N)N)NC(=O)CNCc1ccc2ccccc2n1.CNC.NC(=O)CNC=O. The number of amides is 3. The average molecular weight is 548 g/mol. The Morgan fingerprint density at radius 1 is 1.00 bits per heavy atom. The summed E-state index contributed by atoms with van der Waals surface area (Å²) in [4.78, 5) is 39.6. The lowest BCUT2D eigenvalue weighted by molar-refractivity contribution is -0.121. The molecule has 0 aliphatic rings. The van der Waals surface area contributed by atoms with Crippen LogP contribution in [-0.4, -0.2) is 68.9 Å². The maximum atomic E-state index is 11.9. The van der Waals surface area contributed by atoms with Crippen LogP contribution in [0.3, 0.4) is 0 Å². The molecule has 0 aliphatic carbocycles. The number of hydrogen-bond acceptors (Lipinski definition) is 7. The normalized spacial score (nSPS) is 10.3. The lowest BCUT2D eigenvalue weighted by Crippen LogP contribution is -2.39. The van der Waals surface area contributed by atoms with Gasteiger partial charge in [0.05, 0.1) is 24.3 Å². The number of primary amides is 1. The summed E-state index contributed by atoms with van der Waals surface area (Å²) >= 11 is 0. The summed E-state index contributed by atoms with van der Waals surface area (Å²) in [6, 6.07) is 12.1. The molecule has 0 fully saturated rings. The van der Waals surface area contributed by atoms with E-state index in [-0.39, 0.29) is 31.0 Å². The maximum absolute atomic E-state index is 11.9. The number of benzene rings is 1. The summed E-state index contributed by atoms with van der Waals surface area (Å²) in [5, 5.41) is 12.0. The summed E-state index contributed by atoms with van der Waals surface area (Å²) in [5.41, 5.74) is 17.0. The standard InChI is InChI=1S/C18H26N6O.C4H10.C3H6N2O2.C2H7N/c1-13(5-4-10-22-18(19)20)23-17(25)12-21-11-15-9-8-14-6-2-3-7-16(14)24-15;1-4(2)3;4-3(7)1-5-2-6;1-3-2/h2-3,6-9,13,21H,4-5,10-12H2,1H3,(H,23,25)(H4,19,20,22);4H,1-3H3;2H,1H2,(H2,4,7)(H,5,6);3H,1-2H3. The number of pyridine rings is 1. The van der Waals surface area contributed by atoms with E-state index in [1.165, 1.54) is 0 Å². The zero-order valence-corrected chi connectivity index (χ0v) is 24.3. The molecule has 3 amide bonds. The van der Waals surface area contributed by atoms with Crippen LogP contribution in [0.1, 0.15) is 46.2 Å². The van der Waals surface area contributed by atoms with Crippen LogP contribution in [0.25, 0.3) is 10.9 Å². The van der Waals surface area contributed by atoms with Crippen LogP contribution in [0.4, 0.5) is 0 Å². The van der Waals surface area contributed by atoms with Crippen molar-refractivity contribution in [3.63, 3.8) is 0 Å². The molecule has 1 aromatic heterocycles. The number of fused-ring (bicyclic) bond motifs is 1. The second-order valence-electron chi connectivity index (χ2n) is 9.21. The number of aromatic nitrogens is 1. The highest BCUT2D eigenvalue weighted by Crippen LogP contribution is 2.11. The smallest absolute Gasteiger partial charge is 0.236 e. The minimum absolute atomic E-state index is 0.0323. The zero-order valence-electron chi connectivity index (χ0n) is 24.3. The van der Waals surface area contributed by atoms with Crippen LogP contribution < -0.4 is 38.5 Å². The number of carbonyl (C=O) groups excluding carboxylic acids is 3. The van der Waals surface area contributed by atoms with Gasteiger partial charge in [0.25, 0.3) is 0 Å². The van der Waals surface area contributed by atoms with Gasteiger partial charge in [0.15, 0.2) is 5.96 Å². The summed E-state index contributed by atoms with van der Waals surface area (Å²) in [6.07, 6.45) is 2.08. The van der Waals surface area contributed by atoms with Crippen LogP contribution in [0.5, 0.6) is 0 Å². The lowest BCUT2D eigenvalue weighted by Gasteiger charge is -2.13. The Morgan fingerprint density at radius 2 is 1.62 bits per heavy atom. The topological polar surface area (TPSA) is 203 Å². The van der Waals surface area contributed by atoms with Crippen LogP contribution in [-0.2, 0) is 20.9 Å². The maximum Gasteiger partial charge on any atom is 0.236 e. The Bertz CT molecular complexity index is 962. The highest BCUT2D eigenvalue weighted by atomic mass is 16.2. The second kappa shape index (κ2) is 24.6. The van der Waals surface area contributed by atoms with E-state index in [9.17, 15) is 14.4 Å². The third-order valence-electron chi connectivity index (χ3n) is 4.10. The molecule has 1 heterocycles. The number of para-hydroxylation sites is 1. The van der Waals surface area contributed by atoms with E-state index in [0.717, 1.165) is 35.4 Å². The molecule has 0 bridgehead atoms. The molecule has 1 aromatic carbocycles. The summed E-state index contributed by atoms with van der Waals surface area (Å²) in [7, 11) is 3.75. The van der Waals surface area contributed by atoms with Crippen molar-refractivity contribution in [2.24, 2.45) is 28.1 Å². The minimum Gasteiger partial charge on any atom is -0.370 e. The van der Waals surface area contributed by atoms with Crippen LogP contribution >= 0.6 is 0 Å². The molecule has 0 saturated heterocycles. The second-order valence-corrected chi connectivity index (χ2v) is 9.21. The molecule has 1 atom stereocenters. The molecule has 2 rings (SSSR count). The number of nitrogens with two attached hydrogens (primary N) is 3. The van der Waals surface area contributed by atoms with Gasteiger partial charge in [-0.1, -0.05) is 45.0 Å². The van der Waals surface area contributed by atoms with Crippen molar-refractivity contribution in [3.05, 3.63) is 42.1 Å². The van der Waals surface area contributed by atoms with Gasteiger partial charge in [-0.3, -0.25) is 24.4 Å². The fourth-order valence-electron chi connectivity index (χ4n) is 2.66. The fourth-order valence-corrected chi connectivity index (χ4v) is 2.66. The van der Waals surface area contributed by atoms with Crippen molar-refractivity contribution in [2.45, 2.75) is 53.1 Å². The highest BCUT2D eigenvalue weighted by Gasteiger charge is 2.07. The van der Waals surface area contributed by atoms with Crippen LogP contribution in [0.2, 0.25) is 0 Å². The Morgan fingerprint density at radius 3 is 2.15 bits per heavy atom. The Balaban J connectivity index is 0. The molecular weight excluding hydrogens is 498 g/mol. The van der Waals surface area contributed by atoms with Crippen molar-refractivity contribution in [1.29, 1.82) is 0 Å². The molecule has 12 heteroatoms. The fraction of sp³-hybridized carbons (Fsp3) is 0.519. The van der Waals surface area contributed by atoms with Gasteiger partial charge in [0.1, 0.15) is 0 Å². The van der Waals surface area contributed by atoms with Crippen LogP contribution in [0, 0.1) is 5.92 Å². The van der Waals surface area contributed by atoms with Crippen molar-refractivity contribution >= 4 is 35.1 Å². The van der Waals surface area contributed by atoms with E-state index < -0.39 is 5.91 Å². The largest absolute Gasteiger partial charge is 0.370 e. The Kier molecular flexibility index (Phi) is 23.5. The number of nitrogens with one attached hydrogen (secondary N) is 4. The highest BCUT2D eigenvalue weighted by molar-refractivity contribution is 5.79. The van der Waals surface area contributed by atoms with Gasteiger partial charge in [0, 0.05) is 24.5 Å². The number of rotatable bonds is 12. The number of nitrogens with zero attached hydrogens (tertiary/aromatic N) is 2. The van der Waals surface area contributed by atoms with Gasteiger partial charge in [-0.25, -0.2) is 0 Å². The van der Waals surface area contributed by atoms with Crippen molar-refractivity contribution < 1.29 is 14.4 Å². The van der Waals surface area contributed by atoms with E-state index in [0.29, 0.717) is 19.5 Å². The van der Waals surface area contributed by atoms with Crippen molar-refractivity contribution in [1.82, 2.24) is 26.3 Å². The van der Waals surface area contributed by atoms with Gasteiger partial charge < -0.3 is 38.5 Å². The number of aliphatic imine (C=N–C) groups is 1. The third kappa shape index (κ3) is 25.7. The van der Waals surface area contributed by atoms with Crippen LogP contribution in [0.15, 0.2) is 41.4 Å². The third-order valence-corrected chi connectivity index (χ3v) is 4.10.